The summed E-state index contributed by atoms with van der Waals surface area (Å²) in [5.41, 5.74) is 1.23. The summed E-state index contributed by atoms with van der Waals surface area (Å²) in [6.07, 6.45) is 2.12. The molecule has 0 aromatic heterocycles. The second kappa shape index (κ2) is 9.50. The Labute approximate surface area is 124 Å². The van der Waals surface area contributed by atoms with Crippen LogP contribution in [-0.4, -0.2) is 52.1 Å². The summed E-state index contributed by atoms with van der Waals surface area (Å²) in [6, 6.07) is 8.22. The molecule has 0 atom stereocenters. The van der Waals surface area contributed by atoms with E-state index in [0.717, 1.165) is 24.8 Å². The molecule has 0 fully saturated rings. The molecule has 1 aliphatic rings. The Hall–Kier alpha value is -1.40. The largest absolute Gasteiger partial charge is 0.490 e. The van der Waals surface area contributed by atoms with Crippen molar-refractivity contribution in [2.75, 3.05) is 51.0 Å². The van der Waals surface area contributed by atoms with Crippen molar-refractivity contribution in [1.29, 1.82) is 0 Å². The van der Waals surface area contributed by atoms with Gasteiger partial charge in [-0.15, -0.1) is 11.8 Å². The SMILES string of the molecule is COCC(=O)OC.CSCN1CCOc2ccccc21. The van der Waals surface area contributed by atoms with Crippen molar-refractivity contribution in [2.24, 2.45) is 0 Å². The van der Waals surface area contributed by atoms with E-state index >= 15 is 0 Å². The molecule has 5 nitrogen and oxygen atoms in total. The first-order valence-electron chi connectivity index (χ1n) is 6.24. The molecule has 0 N–H and O–H groups in total. The molecule has 0 aliphatic carbocycles. The number of thioether (sulfide) groups is 1. The third-order valence-electron chi connectivity index (χ3n) is 2.60. The smallest absolute Gasteiger partial charge is 0.331 e. The Kier molecular flexibility index (Phi) is 7.91. The van der Waals surface area contributed by atoms with Gasteiger partial charge < -0.3 is 19.1 Å². The van der Waals surface area contributed by atoms with Crippen LogP contribution in [0.1, 0.15) is 0 Å². The maximum Gasteiger partial charge on any atom is 0.331 e. The summed E-state index contributed by atoms with van der Waals surface area (Å²) in [7, 11) is 2.76. The number of rotatable bonds is 4. The molecule has 0 radical (unpaired) electrons. The van der Waals surface area contributed by atoms with E-state index in [-0.39, 0.29) is 12.6 Å². The lowest BCUT2D eigenvalue weighted by Gasteiger charge is -2.30. The molecule has 0 spiro atoms. The Morgan fingerprint density at radius 1 is 1.40 bits per heavy atom. The molecule has 1 aromatic carbocycles. The fourth-order valence-corrected chi connectivity index (χ4v) is 2.27. The van der Waals surface area contributed by atoms with E-state index in [1.807, 2.05) is 23.9 Å². The number of nitrogens with zero attached hydrogens (tertiary/aromatic N) is 1. The second-order valence-corrected chi connectivity index (χ2v) is 4.84. The minimum atomic E-state index is -0.345. The summed E-state index contributed by atoms with van der Waals surface area (Å²) in [5, 5.41) is 0. The summed E-state index contributed by atoms with van der Waals surface area (Å²) < 4.78 is 14.2. The first-order chi connectivity index (χ1) is 9.72. The Morgan fingerprint density at radius 3 is 2.75 bits per heavy atom. The highest BCUT2D eigenvalue weighted by molar-refractivity contribution is 7.98. The van der Waals surface area contributed by atoms with Gasteiger partial charge in [0.25, 0.3) is 0 Å². The number of carbonyl (C=O) groups is 1. The van der Waals surface area contributed by atoms with E-state index in [1.54, 1.807) is 0 Å². The third-order valence-corrected chi connectivity index (χ3v) is 3.17. The molecule has 0 saturated carbocycles. The predicted molar refractivity (Wildman–Crippen MR) is 81.6 cm³/mol. The van der Waals surface area contributed by atoms with Crippen molar-refractivity contribution in [1.82, 2.24) is 0 Å². The molecule has 20 heavy (non-hydrogen) atoms. The summed E-state index contributed by atoms with van der Waals surface area (Å²) in [4.78, 5) is 12.4. The fourth-order valence-electron chi connectivity index (χ4n) is 1.69. The van der Waals surface area contributed by atoms with E-state index in [1.165, 1.54) is 19.9 Å². The number of carbonyl (C=O) groups excluding carboxylic acids is 1. The van der Waals surface area contributed by atoms with Crippen LogP contribution in [0.25, 0.3) is 0 Å². The van der Waals surface area contributed by atoms with Crippen molar-refractivity contribution >= 4 is 23.4 Å². The van der Waals surface area contributed by atoms with Crippen LogP contribution in [-0.2, 0) is 14.3 Å². The quantitative estimate of drug-likeness (QED) is 0.793. The van der Waals surface area contributed by atoms with Crippen LogP contribution in [0.5, 0.6) is 5.75 Å². The van der Waals surface area contributed by atoms with Crippen LogP contribution in [0.3, 0.4) is 0 Å². The average Bonchev–Trinajstić information content (AvgIpc) is 2.49. The van der Waals surface area contributed by atoms with Crippen molar-refractivity contribution in [3.63, 3.8) is 0 Å². The average molecular weight is 299 g/mol. The maximum atomic E-state index is 10.1. The summed E-state index contributed by atoms with van der Waals surface area (Å²) in [5.74, 6) is 1.71. The molecule has 1 aromatic rings. The summed E-state index contributed by atoms with van der Waals surface area (Å²) >= 11 is 1.84. The fraction of sp³-hybridized carbons (Fsp3) is 0.500. The maximum absolute atomic E-state index is 10.1. The van der Waals surface area contributed by atoms with E-state index in [2.05, 4.69) is 32.8 Å². The van der Waals surface area contributed by atoms with Crippen molar-refractivity contribution in [3.05, 3.63) is 24.3 Å². The Balaban J connectivity index is 0.000000246. The number of hydrogen-bond acceptors (Lipinski definition) is 6. The van der Waals surface area contributed by atoms with Gasteiger partial charge in [0.2, 0.25) is 0 Å². The van der Waals surface area contributed by atoms with Gasteiger partial charge in [0.1, 0.15) is 19.0 Å². The van der Waals surface area contributed by atoms with Crippen LogP contribution in [0, 0.1) is 0 Å². The third kappa shape index (κ3) is 5.30. The molecular weight excluding hydrogens is 278 g/mol. The number of esters is 1. The van der Waals surface area contributed by atoms with Gasteiger partial charge in [0, 0.05) is 7.11 Å². The van der Waals surface area contributed by atoms with Gasteiger partial charge in [-0.25, -0.2) is 4.79 Å². The van der Waals surface area contributed by atoms with Gasteiger partial charge in [0.05, 0.1) is 25.2 Å². The molecule has 112 valence electrons. The molecule has 0 amide bonds. The van der Waals surface area contributed by atoms with Gasteiger partial charge in [-0.1, -0.05) is 12.1 Å². The Bertz CT molecular complexity index is 414. The Morgan fingerprint density at radius 2 is 2.15 bits per heavy atom. The molecule has 6 heteroatoms. The number of para-hydroxylation sites is 2. The molecule has 1 aliphatic heterocycles. The monoisotopic (exact) mass is 299 g/mol. The highest BCUT2D eigenvalue weighted by Gasteiger charge is 2.15. The van der Waals surface area contributed by atoms with E-state index in [9.17, 15) is 4.79 Å². The van der Waals surface area contributed by atoms with E-state index in [0.29, 0.717) is 0 Å². The minimum Gasteiger partial charge on any atom is -0.490 e. The van der Waals surface area contributed by atoms with Crippen molar-refractivity contribution in [3.8, 4) is 5.75 Å². The highest BCUT2D eigenvalue weighted by atomic mass is 32.2. The molecule has 1 heterocycles. The van der Waals surface area contributed by atoms with Crippen LogP contribution in [0.15, 0.2) is 24.3 Å². The second-order valence-electron chi connectivity index (χ2n) is 4.01. The van der Waals surface area contributed by atoms with Crippen molar-refractivity contribution in [2.45, 2.75) is 0 Å². The van der Waals surface area contributed by atoms with E-state index in [4.69, 9.17) is 4.74 Å². The van der Waals surface area contributed by atoms with Crippen LogP contribution in [0.4, 0.5) is 5.69 Å². The minimum absolute atomic E-state index is 0.0382. The topological polar surface area (TPSA) is 48.0 Å². The zero-order valence-corrected chi connectivity index (χ0v) is 12.9. The van der Waals surface area contributed by atoms with Gasteiger partial charge in [-0.2, -0.15) is 0 Å². The lowest BCUT2D eigenvalue weighted by molar-refractivity contribution is -0.144. The first kappa shape index (κ1) is 16.7. The number of ether oxygens (including phenoxy) is 3. The number of anilines is 1. The predicted octanol–water partition coefficient (Wildman–Crippen LogP) is 2.01. The molecule has 2 rings (SSSR count). The van der Waals surface area contributed by atoms with Crippen LogP contribution in [0.2, 0.25) is 0 Å². The molecular formula is C14H21NO4S. The van der Waals surface area contributed by atoms with Gasteiger partial charge in [0.15, 0.2) is 0 Å². The molecule has 0 saturated heterocycles. The normalized spacial score (nSPS) is 12.7. The van der Waals surface area contributed by atoms with Gasteiger partial charge in [-0.3, -0.25) is 0 Å². The van der Waals surface area contributed by atoms with Gasteiger partial charge in [-0.05, 0) is 18.4 Å². The van der Waals surface area contributed by atoms with Crippen molar-refractivity contribution < 1.29 is 19.0 Å². The number of fused-ring (bicyclic) bond motifs is 1. The highest BCUT2D eigenvalue weighted by Crippen LogP contribution is 2.31. The number of hydrogen-bond donors (Lipinski definition) is 0. The molecule has 0 bridgehead atoms. The van der Waals surface area contributed by atoms with Crippen LogP contribution < -0.4 is 9.64 Å². The number of methoxy groups -OCH3 is 2. The van der Waals surface area contributed by atoms with Crippen LogP contribution >= 0.6 is 11.8 Å². The molecule has 0 unspecified atom stereocenters. The zero-order valence-electron chi connectivity index (χ0n) is 12.1. The zero-order chi connectivity index (χ0) is 14.8. The standard InChI is InChI=1S/C10H13NOS.C4H8O3/c1-13-8-11-6-7-12-10-5-3-2-4-9(10)11;1-6-3-4(5)7-2/h2-5H,6-8H2,1H3;3H2,1-2H3. The number of benzene rings is 1. The lowest BCUT2D eigenvalue weighted by atomic mass is 10.2. The first-order valence-corrected chi connectivity index (χ1v) is 7.63. The lowest BCUT2D eigenvalue weighted by Crippen LogP contribution is -2.32. The van der Waals surface area contributed by atoms with Gasteiger partial charge >= 0.3 is 5.97 Å². The summed E-state index contributed by atoms with van der Waals surface area (Å²) in [6.45, 7) is 1.84. The van der Waals surface area contributed by atoms with E-state index < -0.39 is 0 Å².